The highest BCUT2D eigenvalue weighted by Crippen LogP contribution is 2.14. The van der Waals surface area contributed by atoms with Crippen molar-refractivity contribution in [2.45, 2.75) is 26.7 Å². The highest BCUT2D eigenvalue weighted by Gasteiger charge is 2.08. The van der Waals surface area contributed by atoms with Gasteiger partial charge in [-0.25, -0.2) is 15.2 Å². The van der Waals surface area contributed by atoms with Gasteiger partial charge in [0.15, 0.2) is 11.6 Å². The summed E-state index contributed by atoms with van der Waals surface area (Å²) in [6.45, 7) is 4.92. The Bertz CT molecular complexity index is 327. The second-order valence-corrected chi connectivity index (χ2v) is 3.60. The molecule has 0 saturated heterocycles. The van der Waals surface area contributed by atoms with Gasteiger partial charge in [-0.05, 0) is 5.92 Å². The lowest BCUT2D eigenvalue weighted by Crippen LogP contribution is -2.17. The number of hydrogen-bond donors (Lipinski definition) is 3. The average Bonchev–Trinajstić information content (AvgIpc) is 2.32. The van der Waals surface area contributed by atoms with Crippen LogP contribution >= 0.6 is 0 Å². The molecule has 0 amide bonds. The van der Waals surface area contributed by atoms with Crippen LogP contribution in [-0.2, 0) is 0 Å². The van der Waals surface area contributed by atoms with Crippen LogP contribution in [-0.4, -0.2) is 16.5 Å². The number of nitrogens with zero attached hydrogens (tertiary/aromatic N) is 2. The summed E-state index contributed by atoms with van der Waals surface area (Å²) >= 11 is 0. The molecule has 5 nitrogen and oxygen atoms in total. The molecular formula is C10H18FN5. The molecule has 1 rings (SSSR count). The molecule has 0 spiro atoms. The first-order valence-electron chi connectivity index (χ1n) is 5.44. The molecule has 0 unspecified atom stereocenters. The smallest absolute Gasteiger partial charge is 0.239 e. The van der Waals surface area contributed by atoms with Gasteiger partial charge in [0.05, 0.1) is 6.20 Å². The van der Waals surface area contributed by atoms with E-state index in [4.69, 9.17) is 5.84 Å². The molecule has 0 aliphatic carbocycles. The van der Waals surface area contributed by atoms with Crippen LogP contribution in [0.2, 0.25) is 0 Å². The Morgan fingerprint density at radius 3 is 2.69 bits per heavy atom. The van der Waals surface area contributed by atoms with Crippen molar-refractivity contribution in [2.75, 3.05) is 17.3 Å². The van der Waals surface area contributed by atoms with Gasteiger partial charge >= 0.3 is 0 Å². The maximum absolute atomic E-state index is 13.3. The molecule has 1 aromatic heterocycles. The lowest BCUT2D eigenvalue weighted by Gasteiger charge is -2.14. The SMILES string of the molecule is CCC(CC)CNc1nc(NN)ncc1F. The predicted octanol–water partition coefficient (Wildman–Crippen LogP) is 1.75. The van der Waals surface area contributed by atoms with Gasteiger partial charge in [-0.1, -0.05) is 26.7 Å². The molecule has 0 bridgehead atoms. The van der Waals surface area contributed by atoms with Crippen LogP contribution in [0.3, 0.4) is 0 Å². The number of halogens is 1. The zero-order valence-electron chi connectivity index (χ0n) is 9.63. The molecule has 0 atom stereocenters. The third-order valence-corrected chi connectivity index (χ3v) is 2.59. The minimum atomic E-state index is -0.468. The Morgan fingerprint density at radius 2 is 2.12 bits per heavy atom. The zero-order chi connectivity index (χ0) is 12.0. The summed E-state index contributed by atoms with van der Waals surface area (Å²) in [5.41, 5.74) is 2.28. The molecule has 4 N–H and O–H groups in total. The number of anilines is 2. The summed E-state index contributed by atoms with van der Waals surface area (Å²) in [6, 6.07) is 0. The van der Waals surface area contributed by atoms with Gasteiger partial charge in [0.1, 0.15) is 0 Å². The molecule has 0 aromatic carbocycles. The maximum atomic E-state index is 13.3. The number of aromatic nitrogens is 2. The third kappa shape index (κ3) is 3.30. The van der Waals surface area contributed by atoms with Gasteiger partial charge in [-0.3, -0.25) is 5.43 Å². The number of rotatable bonds is 6. The summed E-state index contributed by atoms with van der Waals surface area (Å²) in [7, 11) is 0. The Balaban J connectivity index is 2.65. The van der Waals surface area contributed by atoms with Crippen LogP contribution in [0.5, 0.6) is 0 Å². The summed E-state index contributed by atoms with van der Waals surface area (Å²) in [4.78, 5) is 7.56. The van der Waals surface area contributed by atoms with Crippen molar-refractivity contribution >= 4 is 11.8 Å². The lowest BCUT2D eigenvalue weighted by atomic mass is 10.0. The second kappa shape index (κ2) is 6.22. The van der Waals surface area contributed by atoms with Crippen LogP contribution in [0.15, 0.2) is 6.20 Å². The highest BCUT2D eigenvalue weighted by atomic mass is 19.1. The van der Waals surface area contributed by atoms with E-state index in [1.807, 2.05) is 0 Å². The molecule has 0 saturated carbocycles. The van der Waals surface area contributed by atoms with Crippen molar-refractivity contribution in [3.8, 4) is 0 Å². The maximum Gasteiger partial charge on any atom is 0.239 e. The predicted molar refractivity (Wildman–Crippen MR) is 62.4 cm³/mol. The van der Waals surface area contributed by atoms with Crippen molar-refractivity contribution in [3.05, 3.63) is 12.0 Å². The summed E-state index contributed by atoms with van der Waals surface area (Å²) in [5, 5.41) is 2.97. The molecule has 0 radical (unpaired) electrons. The van der Waals surface area contributed by atoms with E-state index < -0.39 is 5.82 Å². The van der Waals surface area contributed by atoms with E-state index in [2.05, 4.69) is 34.6 Å². The fourth-order valence-electron chi connectivity index (χ4n) is 1.38. The van der Waals surface area contributed by atoms with E-state index in [0.29, 0.717) is 12.5 Å². The van der Waals surface area contributed by atoms with Gasteiger partial charge in [0, 0.05) is 6.54 Å². The van der Waals surface area contributed by atoms with E-state index >= 15 is 0 Å². The highest BCUT2D eigenvalue weighted by molar-refractivity contribution is 5.40. The Hall–Kier alpha value is -1.43. The van der Waals surface area contributed by atoms with Gasteiger partial charge < -0.3 is 5.32 Å². The van der Waals surface area contributed by atoms with Crippen molar-refractivity contribution in [1.29, 1.82) is 0 Å². The van der Waals surface area contributed by atoms with Crippen molar-refractivity contribution < 1.29 is 4.39 Å². The molecule has 6 heteroatoms. The number of hydrogen-bond acceptors (Lipinski definition) is 5. The summed E-state index contributed by atoms with van der Waals surface area (Å²) in [5.74, 6) is 5.59. The van der Waals surface area contributed by atoms with Crippen LogP contribution in [0.25, 0.3) is 0 Å². The fourth-order valence-corrected chi connectivity index (χ4v) is 1.38. The molecule has 90 valence electrons. The van der Waals surface area contributed by atoms with Crippen LogP contribution < -0.4 is 16.6 Å². The van der Waals surface area contributed by atoms with E-state index in [-0.39, 0.29) is 11.8 Å². The average molecular weight is 227 g/mol. The molecule has 0 fully saturated rings. The molecule has 1 aromatic rings. The van der Waals surface area contributed by atoms with Crippen molar-refractivity contribution in [3.63, 3.8) is 0 Å². The standard InChI is InChI=1S/C10H18FN5/c1-3-7(4-2)5-13-9-8(11)6-14-10(15-9)16-12/h6-7H,3-5,12H2,1-2H3,(H2,13,14,15,16). The van der Waals surface area contributed by atoms with Crippen molar-refractivity contribution in [2.24, 2.45) is 11.8 Å². The third-order valence-electron chi connectivity index (χ3n) is 2.59. The van der Waals surface area contributed by atoms with E-state index in [1.165, 1.54) is 0 Å². The summed E-state index contributed by atoms with van der Waals surface area (Å²) < 4.78 is 13.3. The number of hydrazine groups is 1. The van der Waals surface area contributed by atoms with Gasteiger partial charge in [0.25, 0.3) is 0 Å². The molecule has 0 aliphatic heterocycles. The molecule has 1 heterocycles. The molecule has 0 aliphatic rings. The van der Waals surface area contributed by atoms with Gasteiger partial charge in [-0.15, -0.1) is 0 Å². The van der Waals surface area contributed by atoms with Gasteiger partial charge in [-0.2, -0.15) is 4.98 Å². The zero-order valence-corrected chi connectivity index (χ0v) is 9.63. The number of nitrogen functional groups attached to an aromatic ring is 1. The van der Waals surface area contributed by atoms with Crippen LogP contribution in [0, 0.1) is 11.7 Å². The number of nitrogens with one attached hydrogen (secondary N) is 2. The molecule has 16 heavy (non-hydrogen) atoms. The van der Waals surface area contributed by atoms with Crippen LogP contribution in [0.1, 0.15) is 26.7 Å². The van der Waals surface area contributed by atoms with Crippen LogP contribution in [0.4, 0.5) is 16.2 Å². The normalized spacial score (nSPS) is 10.6. The second-order valence-electron chi connectivity index (χ2n) is 3.60. The lowest BCUT2D eigenvalue weighted by molar-refractivity contribution is 0.515. The number of nitrogens with two attached hydrogens (primary N) is 1. The first kappa shape index (κ1) is 12.6. The summed E-state index contributed by atoms with van der Waals surface area (Å²) in [6.07, 6.45) is 3.20. The monoisotopic (exact) mass is 227 g/mol. The molecular weight excluding hydrogens is 209 g/mol. The first-order valence-corrected chi connectivity index (χ1v) is 5.44. The fraction of sp³-hybridized carbons (Fsp3) is 0.600. The minimum absolute atomic E-state index is 0.190. The largest absolute Gasteiger partial charge is 0.367 e. The first-order chi connectivity index (χ1) is 7.71. The van der Waals surface area contributed by atoms with E-state index in [9.17, 15) is 4.39 Å². The van der Waals surface area contributed by atoms with Gasteiger partial charge in [0.2, 0.25) is 5.95 Å². The topological polar surface area (TPSA) is 75.9 Å². The Labute approximate surface area is 94.6 Å². The van der Waals surface area contributed by atoms with E-state index in [0.717, 1.165) is 19.0 Å². The quantitative estimate of drug-likeness (QED) is 0.510. The minimum Gasteiger partial charge on any atom is -0.367 e. The Kier molecular flexibility index (Phi) is 4.91. The van der Waals surface area contributed by atoms with E-state index in [1.54, 1.807) is 0 Å². The van der Waals surface area contributed by atoms with Crippen molar-refractivity contribution in [1.82, 2.24) is 9.97 Å². The Morgan fingerprint density at radius 1 is 1.44 bits per heavy atom.